The van der Waals surface area contributed by atoms with E-state index >= 15 is 0 Å². The Morgan fingerprint density at radius 3 is 2.82 bits per heavy atom. The van der Waals surface area contributed by atoms with Crippen LogP contribution in [0.25, 0.3) is 10.3 Å². The smallest absolute Gasteiger partial charge is 0.267 e. The van der Waals surface area contributed by atoms with Crippen LogP contribution in [0.3, 0.4) is 0 Å². The zero-order valence-electron chi connectivity index (χ0n) is 11.5. The Bertz CT molecular complexity index is 794. The number of aromatic nitrogens is 2. The average Bonchev–Trinajstić information content (AvgIpc) is 3.09. The maximum absolute atomic E-state index is 12.0. The van der Waals surface area contributed by atoms with E-state index in [9.17, 15) is 9.00 Å². The Morgan fingerprint density at radius 1 is 1.36 bits per heavy atom. The van der Waals surface area contributed by atoms with Gasteiger partial charge in [-0.25, -0.2) is 14.3 Å². The van der Waals surface area contributed by atoms with Crippen LogP contribution in [0.5, 0.6) is 0 Å². The van der Waals surface area contributed by atoms with Crippen molar-refractivity contribution < 1.29 is 9.00 Å². The van der Waals surface area contributed by atoms with E-state index in [0.717, 1.165) is 15.9 Å². The number of hydrogen-bond acceptors (Lipinski definition) is 4. The zero-order chi connectivity index (χ0) is 15.5. The number of nitrogens with one attached hydrogen (secondary N) is 2. The highest BCUT2D eigenvalue weighted by Gasteiger charge is 2.10. The number of thiazole rings is 1. The van der Waals surface area contributed by atoms with Crippen molar-refractivity contribution in [2.24, 2.45) is 5.14 Å². The number of carbonyl (C=O) groups is 1. The van der Waals surface area contributed by atoms with Crippen LogP contribution in [-0.2, 0) is 17.4 Å². The standard InChI is InChI=1S/C14H14N4O2S2/c15-22(20)10-3-1-9(2-4-10)5-6-16-14(19)11-7-12-13(18-11)17-8-21-12/h1-4,7-8,18H,5-6,15H2,(H,16,19). The maximum Gasteiger partial charge on any atom is 0.267 e. The number of nitrogens with zero attached hydrogens (tertiary/aromatic N) is 1. The number of H-pyrrole nitrogens is 1. The summed E-state index contributed by atoms with van der Waals surface area (Å²) in [4.78, 5) is 19.7. The minimum Gasteiger partial charge on any atom is -0.350 e. The SMILES string of the molecule is NS(=O)c1ccc(CCNC(=O)c2cc3scnc3[nH]2)cc1. The summed E-state index contributed by atoms with van der Waals surface area (Å²) in [6, 6.07) is 8.99. The fourth-order valence-electron chi connectivity index (χ4n) is 2.07. The van der Waals surface area contributed by atoms with Gasteiger partial charge < -0.3 is 10.3 Å². The highest BCUT2D eigenvalue weighted by atomic mass is 32.2. The van der Waals surface area contributed by atoms with Crippen LogP contribution >= 0.6 is 11.3 Å². The predicted octanol–water partition coefficient (Wildman–Crippen LogP) is 1.58. The quantitative estimate of drug-likeness (QED) is 0.660. The molecule has 1 unspecified atom stereocenters. The highest BCUT2D eigenvalue weighted by Crippen LogP contribution is 2.18. The Morgan fingerprint density at radius 2 is 2.14 bits per heavy atom. The molecular weight excluding hydrogens is 320 g/mol. The third-order valence-corrected chi connectivity index (χ3v) is 4.74. The van der Waals surface area contributed by atoms with Crippen molar-refractivity contribution in [3.8, 4) is 0 Å². The molecule has 22 heavy (non-hydrogen) atoms. The lowest BCUT2D eigenvalue weighted by Crippen LogP contribution is -2.25. The first kappa shape index (κ1) is 14.9. The number of carbonyl (C=O) groups excluding carboxylic acids is 1. The molecule has 0 aliphatic rings. The molecule has 114 valence electrons. The average molecular weight is 334 g/mol. The molecule has 0 radical (unpaired) electrons. The topological polar surface area (TPSA) is 101 Å². The molecule has 3 aromatic rings. The van der Waals surface area contributed by atoms with Gasteiger partial charge in [-0.3, -0.25) is 4.79 Å². The van der Waals surface area contributed by atoms with E-state index < -0.39 is 11.0 Å². The van der Waals surface area contributed by atoms with Gasteiger partial charge in [0.2, 0.25) is 0 Å². The number of fused-ring (bicyclic) bond motifs is 1. The molecule has 8 heteroatoms. The Kier molecular flexibility index (Phi) is 4.32. The number of amides is 1. The molecule has 1 aromatic carbocycles. The number of hydrogen-bond donors (Lipinski definition) is 3. The van der Waals surface area contributed by atoms with Crippen molar-refractivity contribution in [1.29, 1.82) is 0 Å². The van der Waals surface area contributed by atoms with Gasteiger partial charge in [-0.05, 0) is 30.2 Å². The van der Waals surface area contributed by atoms with E-state index in [0.29, 0.717) is 23.6 Å². The van der Waals surface area contributed by atoms with Crippen LogP contribution in [0.2, 0.25) is 0 Å². The zero-order valence-corrected chi connectivity index (χ0v) is 13.2. The summed E-state index contributed by atoms with van der Waals surface area (Å²) in [5.74, 6) is -0.148. The third-order valence-electron chi connectivity index (χ3n) is 3.22. The second-order valence-electron chi connectivity index (χ2n) is 4.70. The van der Waals surface area contributed by atoms with Crippen LogP contribution < -0.4 is 10.5 Å². The number of aromatic amines is 1. The minimum absolute atomic E-state index is 0.148. The second-order valence-corrected chi connectivity index (χ2v) is 6.65. The van der Waals surface area contributed by atoms with Crippen molar-refractivity contribution in [3.63, 3.8) is 0 Å². The summed E-state index contributed by atoms with van der Waals surface area (Å²) < 4.78 is 12.1. The summed E-state index contributed by atoms with van der Waals surface area (Å²) in [7, 11) is -1.46. The monoisotopic (exact) mass is 334 g/mol. The molecule has 4 N–H and O–H groups in total. The number of nitrogens with two attached hydrogens (primary N) is 1. The number of rotatable bonds is 5. The van der Waals surface area contributed by atoms with E-state index in [1.165, 1.54) is 11.3 Å². The first-order chi connectivity index (χ1) is 10.6. The molecule has 0 aliphatic carbocycles. The summed E-state index contributed by atoms with van der Waals surface area (Å²) in [5.41, 5.74) is 4.04. The van der Waals surface area contributed by atoms with Gasteiger partial charge in [0.25, 0.3) is 5.91 Å². The van der Waals surface area contributed by atoms with Gasteiger partial charge in [0.05, 0.1) is 15.1 Å². The number of benzene rings is 1. The molecule has 0 saturated carbocycles. The largest absolute Gasteiger partial charge is 0.350 e. The molecule has 6 nitrogen and oxygen atoms in total. The van der Waals surface area contributed by atoms with E-state index in [1.54, 1.807) is 23.7 Å². The molecule has 0 aliphatic heterocycles. The molecule has 0 saturated heterocycles. The molecule has 2 heterocycles. The molecule has 1 atom stereocenters. The third kappa shape index (κ3) is 3.24. The van der Waals surface area contributed by atoms with E-state index in [4.69, 9.17) is 5.14 Å². The molecule has 3 rings (SSSR count). The van der Waals surface area contributed by atoms with Gasteiger partial charge in [0, 0.05) is 6.54 Å². The summed E-state index contributed by atoms with van der Waals surface area (Å²) >= 11 is 1.49. The fourth-order valence-corrected chi connectivity index (χ4v) is 3.15. The Labute approximate surface area is 133 Å². The minimum atomic E-state index is -1.46. The van der Waals surface area contributed by atoms with E-state index in [1.807, 2.05) is 12.1 Å². The lowest BCUT2D eigenvalue weighted by atomic mass is 10.1. The van der Waals surface area contributed by atoms with Crippen LogP contribution in [0.4, 0.5) is 0 Å². The lowest BCUT2D eigenvalue weighted by Gasteiger charge is -2.05. The van der Waals surface area contributed by atoms with E-state index in [-0.39, 0.29) is 5.91 Å². The first-order valence-corrected chi connectivity index (χ1v) is 8.68. The Balaban J connectivity index is 1.55. The second kappa shape index (κ2) is 6.39. The predicted molar refractivity (Wildman–Crippen MR) is 87.0 cm³/mol. The van der Waals surface area contributed by atoms with Crippen molar-refractivity contribution >= 4 is 38.6 Å². The van der Waals surface area contributed by atoms with Gasteiger partial charge in [0.1, 0.15) is 22.3 Å². The van der Waals surface area contributed by atoms with Crippen molar-refractivity contribution in [3.05, 3.63) is 47.1 Å². The fraction of sp³-hybridized carbons (Fsp3) is 0.143. The van der Waals surface area contributed by atoms with Gasteiger partial charge in [-0.15, -0.1) is 11.3 Å². The van der Waals surface area contributed by atoms with Gasteiger partial charge in [0.15, 0.2) is 0 Å². The van der Waals surface area contributed by atoms with Crippen molar-refractivity contribution in [2.45, 2.75) is 11.3 Å². The summed E-state index contributed by atoms with van der Waals surface area (Å²) in [6.07, 6.45) is 0.691. The normalized spacial score (nSPS) is 12.4. The summed E-state index contributed by atoms with van der Waals surface area (Å²) in [6.45, 7) is 0.518. The molecule has 0 spiro atoms. The van der Waals surface area contributed by atoms with Crippen molar-refractivity contribution in [1.82, 2.24) is 15.3 Å². The Hall–Kier alpha value is -2.03. The van der Waals surface area contributed by atoms with Crippen LogP contribution in [0.1, 0.15) is 16.1 Å². The van der Waals surface area contributed by atoms with Crippen molar-refractivity contribution in [2.75, 3.05) is 6.54 Å². The van der Waals surface area contributed by atoms with Gasteiger partial charge in [-0.1, -0.05) is 12.1 Å². The molecule has 1 amide bonds. The van der Waals surface area contributed by atoms with E-state index in [2.05, 4.69) is 15.3 Å². The lowest BCUT2D eigenvalue weighted by molar-refractivity contribution is 0.0950. The van der Waals surface area contributed by atoms with Crippen LogP contribution in [0, 0.1) is 0 Å². The highest BCUT2D eigenvalue weighted by molar-refractivity contribution is 7.82. The molecular formula is C14H14N4O2S2. The molecule has 0 fully saturated rings. The summed E-state index contributed by atoms with van der Waals surface area (Å²) in [5, 5.41) is 8.16. The van der Waals surface area contributed by atoms with Crippen LogP contribution in [-0.4, -0.2) is 26.6 Å². The van der Waals surface area contributed by atoms with Gasteiger partial charge >= 0.3 is 0 Å². The van der Waals surface area contributed by atoms with Crippen LogP contribution in [0.15, 0.2) is 40.7 Å². The molecule has 2 aromatic heterocycles. The maximum atomic E-state index is 12.0. The van der Waals surface area contributed by atoms with Gasteiger partial charge in [-0.2, -0.15) is 0 Å². The first-order valence-electron chi connectivity index (χ1n) is 6.59. The molecule has 0 bridgehead atoms.